The molecule has 0 saturated carbocycles. The topological polar surface area (TPSA) is 116 Å². The minimum Gasteiger partial charge on any atom is -0.444 e. The molecular weight excluding hydrogens is 458 g/mol. The lowest BCUT2D eigenvalue weighted by Crippen LogP contribution is -2.41. The minimum atomic E-state index is -4.07. The number of nitrogens with zero attached hydrogens (tertiary/aromatic N) is 3. The van der Waals surface area contributed by atoms with Crippen LogP contribution in [-0.4, -0.2) is 48.1 Å². The fourth-order valence-corrected chi connectivity index (χ4v) is 4.12. The molecule has 2 aromatic heterocycles. The van der Waals surface area contributed by atoms with Crippen molar-refractivity contribution >= 4 is 38.8 Å². The standard InChI is InChI=1S/C20H26ClN5O5S/c1-13(2)30-10-8-22-32(28,29)24-20(27)31-12-17-14(3)23-25(4)19(17)26-9-7-15-11-16(21)5-6-18(15)26/h5-7,9,11,13,22H,8,10,12H2,1-4H3,(H,24,27). The molecule has 0 atom stereocenters. The maximum Gasteiger partial charge on any atom is 0.422 e. The van der Waals surface area contributed by atoms with Gasteiger partial charge in [-0.2, -0.15) is 18.2 Å². The molecule has 0 unspecified atom stereocenters. The summed E-state index contributed by atoms with van der Waals surface area (Å²) in [6.07, 6.45) is 0.749. The quantitative estimate of drug-likeness (QED) is 0.452. The van der Waals surface area contributed by atoms with Gasteiger partial charge in [0.25, 0.3) is 0 Å². The molecule has 0 aliphatic carbocycles. The van der Waals surface area contributed by atoms with Gasteiger partial charge < -0.3 is 14.0 Å². The zero-order valence-corrected chi connectivity index (χ0v) is 19.8. The maximum atomic E-state index is 12.1. The van der Waals surface area contributed by atoms with Crippen LogP contribution in [0.3, 0.4) is 0 Å². The summed E-state index contributed by atoms with van der Waals surface area (Å²) in [5.74, 6) is 0.694. The lowest BCUT2D eigenvalue weighted by Gasteiger charge is -2.12. The predicted molar refractivity (Wildman–Crippen MR) is 121 cm³/mol. The number of rotatable bonds is 9. The highest BCUT2D eigenvalue weighted by molar-refractivity contribution is 7.88. The molecule has 0 radical (unpaired) electrons. The molecule has 0 bridgehead atoms. The number of hydrogen-bond acceptors (Lipinski definition) is 6. The number of fused-ring (bicyclic) bond motifs is 1. The van der Waals surface area contributed by atoms with Crippen molar-refractivity contribution in [3.8, 4) is 5.82 Å². The summed E-state index contributed by atoms with van der Waals surface area (Å²) < 4.78 is 42.0. The zero-order valence-electron chi connectivity index (χ0n) is 18.3. The fraction of sp³-hybridized carbons (Fsp3) is 0.400. The van der Waals surface area contributed by atoms with Crippen LogP contribution < -0.4 is 9.44 Å². The van der Waals surface area contributed by atoms with E-state index in [1.165, 1.54) is 0 Å². The van der Waals surface area contributed by atoms with Crippen LogP contribution in [0.2, 0.25) is 5.02 Å². The first-order valence-electron chi connectivity index (χ1n) is 9.92. The van der Waals surface area contributed by atoms with E-state index >= 15 is 0 Å². The molecule has 10 nitrogen and oxygen atoms in total. The Morgan fingerprint density at radius 1 is 1.28 bits per heavy atom. The van der Waals surface area contributed by atoms with E-state index in [2.05, 4.69) is 9.82 Å². The van der Waals surface area contributed by atoms with E-state index in [9.17, 15) is 13.2 Å². The molecule has 12 heteroatoms. The van der Waals surface area contributed by atoms with Crippen LogP contribution in [0.4, 0.5) is 4.79 Å². The second-order valence-corrected chi connectivity index (χ2v) is 9.33. The third-order valence-corrected chi connectivity index (χ3v) is 5.86. The number of carbonyl (C=O) groups is 1. The number of aromatic nitrogens is 3. The van der Waals surface area contributed by atoms with Crippen molar-refractivity contribution in [1.29, 1.82) is 0 Å². The Balaban J connectivity index is 1.70. The van der Waals surface area contributed by atoms with Crippen molar-refractivity contribution in [2.45, 2.75) is 33.5 Å². The monoisotopic (exact) mass is 483 g/mol. The third kappa shape index (κ3) is 5.80. The number of amides is 1. The van der Waals surface area contributed by atoms with E-state index in [0.717, 1.165) is 10.9 Å². The van der Waals surface area contributed by atoms with Gasteiger partial charge in [-0.15, -0.1) is 0 Å². The Morgan fingerprint density at radius 2 is 2.03 bits per heavy atom. The summed E-state index contributed by atoms with van der Waals surface area (Å²) in [5, 5.41) is 5.99. The van der Waals surface area contributed by atoms with Crippen LogP contribution in [-0.2, 0) is 33.3 Å². The molecule has 0 spiro atoms. The summed E-state index contributed by atoms with van der Waals surface area (Å²) in [6, 6.07) is 7.45. The summed E-state index contributed by atoms with van der Waals surface area (Å²) >= 11 is 6.08. The predicted octanol–water partition coefficient (Wildman–Crippen LogP) is 2.81. The summed E-state index contributed by atoms with van der Waals surface area (Å²) in [4.78, 5) is 12.1. The SMILES string of the molecule is Cc1nn(C)c(-n2ccc3cc(Cl)ccc32)c1COC(=O)NS(=O)(=O)NCCOC(C)C. The largest absolute Gasteiger partial charge is 0.444 e. The van der Waals surface area contributed by atoms with Gasteiger partial charge in [0.15, 0.2) is 0 Å². The van der Waals surface area contributed by atoms with E-state index in [1.807, 2.05) is 47.5 Å². The van der Waals surface area contributed by atoms with Gasteiger partial charge in [-0.05, 0) is 45.0 Å². The Hall–Kier alpha value is -2.60. The summed E-state index contributed by atoms with van der Waals surface area (Å²) in [5.41, 5.74) is 2.20. The van der Waals surface area contributed by atoms with Crippen molar-refractivity contribution in [3.63, 3.8) is 0 Å². The molecular formula is C20H26ClN5O5S. The third-order valence-electron chi connectivity index (χ3n) is 4.60. The molecule has 0 aliphatic rings. The van der Waals surface area contributed by atoms with Crippen LogP contribution in [0.5, 0.6) is 0 Å². The number of benzene rings is 1. The van der Waals surface area contributed by atoms with Gasteiger partial charge in [-0.25, -0.2) is 9.52 Å². The Bertz CT molecular complexity index is 1220. The first-order chi connectivity index (χ1) is 15.1. The van der Waals surface area contributed by atoms with Crippen LogP contribution in [0, 0.1) is 6.92 Å². The normalized spacial score (nSPS) is 11.9. The molecule has 174 valence electrons. The van der Waals surface area contributed by atoms with E-state index in [0.29, 0.717) is 22.1 Å². The van der Waals surface area contributed by atoms with Crippen LogP contribution in [0.25, 0.3) is 16.7 Å². The van der Waals surface area contributed by atoms with E-state index in [4.69, 9.17) is 21.1 Å². The molecule has 32 heavy (non-hydrogen) atoms. The second kappa shape index (κ2) is 9.90. The molecule has 3 aromatic rings. The van der Waals surface area contributed by atoms with Crippen LogP contribution in [0.15, 0.2) is 30.5 Å². The van der Waals surface area contributed by atoms with E-state index < -0.39 is 16.3 Å². The highest BCUT2D eigenvalue weighted by atomic mass is 35.5. The van der Waals surface area contributed by atoms with Crippen molar-refractivity contribution in [3.05, 3.63) is 46.7 Å². The lowest BCUT2D eigenvalue weighted by atomic mass is 10.2. The summed E-state index contributed by atoms with van der Waals surface area (Å²) in [7, 11) is -2.29. The highest BCUT2D eigenvalue weighted by Gasteiger charge is 2.20. The number of carbonyl (C=O) groups excluding carboxylic acids is 1. The smallest absolute Gasteiger partial charge is 0.422 e. The number of ether oxygens (including phenoxy) is 2. The van der Waals surface area contributed by atoms with Crippen molar-refractivity contribution in [2.75, 3.05) is 13.2 Å². The number of aryl methyl sites for hydroxylation is 2. The van der Waals surface area contributed by atoms with Crippen LogP contribution in [0.1, 0.15) is 25.1 Å². The zero-order chi connectivity index (χ0) is 23.5. The molecule has 2 N–H and O–H groups in total. The molecule has 1 aromatic carbocycles. The molecule has 2 heterocycles. The molecule has 0 fully saturated rings. The number of halogens is 1. The summed E-state index contributed by atoms with van der Waals surface area (Å²) in [6.45, 7) is 5.50. The van der Waals surface area contributed by atoms with Gasteiger partial charge in [0.2, 0.25) is 0 Å². The average molecular weight is 484 g/mol. The molecule has 1 amide bonds. The first-order valence-corrected chi connectivity index (χ1v) is 11.8. The molecule has 3 rings (SSSR count). The lowest BCUT2D eigenvalue weighted by molar-refractivity contribution is 0.0833. The van der Waals surface area contributed by atoms with E-state index in [-0.39, 0.29) is 25.9 Å². The minimum absolute atomic E-state index is 0.0243. The van der Waals surface area contributed by atoms with Crippen molar-refractivity contribution in [2.24, 2.45) is 7.05 Å². The Kier molecular flexibility index (Phi) is 7.44. The maximum absolute atomic E-state index is 12.1. The number of nitrogens with one attached hydrogen (secondary N) is 2. The van der Waals surface area contributed by atoms with Crippen molar-refractivity contribution < 1.29 is 22.7 Å². The molecule has 0 aliphatic heterocycles. The number of hydrogen-bond donors (Lipinski definition) is 2. The Labute approximate surface area is 191 Å². The van der Waals surface area contributed by atoms with Gasteiger partial charge in [0.05, 0.1) is 29.5 Å². The van der Waals surface area contributed by atoms with Gasteiger partial charge in [-0.1, -0.05) is 11.6 Å². The molecule has 0 saturated heterocycles. The van der Waals surface area contributed by atoms with Gasteiger partial charge in [0.1, 0.15) is 12.4 Å². The fourth-order valence-electron chi connectivity index (χ4n) is 3.24. The Morgan fingerprint density at radius 3 is 2.75 bits per heavy atom. The second-order valence-electron chi connectivity index (χ2n) is 7.40. The van der Waals surface area contributed by atoms with E-state index in [1.54, 1.807) is 24.7 Å². The van der Waals surface area contributed by atoms with Gasteiger partial charge in [0, 0.05) is 30.2 Å². The first kappa shape index (κ1) is 24.1. The van der Waals surface area contributed by atoms with Gasteiger partial charge in [-0.3, -0.25) is 4.68 Å². The average Bonchev–Trinajstić information content (AvgIpc) is 3.22. The van der Waals surface area contributed by atoms with Crippen molar-refractivity contribution in [1.82, 2.24) is 23.8 Å². The van der Waals surface area contributed by atoms with Gasteiger partial charge >= 0.3 is 16.3 Å². The highest BCUT2D eigenvalue weighted by Crippen LogP contribution is 2.27. The van der Waals surface area contributed by atoms with Crippen LogP contribution >= 0.6 is 11.6 Å².